The Bertz CT molecular complexity index is 553. The first-order chi connectivity index (χ1) is 8.17. The van der Waals surface area contributed by atoms with Gasteiger partial charge in [-0.1, -0.05) is 0 Å². The molecule has 0 aliphatic carbocycles. The van der Waals surface area contributed by atoms with Crippen LogP contribution in [0.4, 0.5) is 10.5 Å². The van der Waals surface area contributed by atoms with Gasteiger partial charge in [-0.05, 0) is 36.7 Å². The maximum atomic E-state index is 11.0. The zero-order chi connectivity index (χ0) is 12.4. The summed E-state index contributed by atoms with van der Waals surface area (Å²) in [4.78, 5) is 12.3. The molecule has 2 aromatic rings. The van der Waals surface area contributed by atoms with Gasteiger partial charge in [-0.2, -0.15) is 4.37 Å². The van der Waals surface area contributed by atoms with Crippen LogP contribution in [0.2, 0.25) is 0 Å². The molecule has 0 aliphatic heterocycles. The smallest absolute Gasteiger partial charge is 0.411 e. The summed E-state index contributed by atoms with van der Waals surface area (Å²) >= 11 is 1.33. The quantitative estimate of drug-likeness (QED) is 0.912. The van der Waals surface area contributed by atoms with E-state index in [1.165, 1.54) is 16.4 Å². The molecule has 1 amide bonds. The summed E-state index contributed by atoms with van der Waals surface area (Å²) < 4.78 is 10.2. The van der Waals surface area contributed by atoms with Crippen LogP contribution in [-0.2, 0) is 0 Å². The molecule has 90 valence electrons. The molecule has 1 aromatic heterocycles. The molecule has 2 rings (SSSR count). The summed E-state index contributed by atoms with van der Waals surface area (Å²) in [5.74, 6) is 0.535. The van der Waals surface area contributed by atoms with Crippen molar-refractivity contribution in [1.82, 2.24) is 4.37 Å². The van der Waals surface area contributed by atoms with Crippen molar-refractivity contribution in [1.29, 1.82) is 0 Å². The normalized spacial score (nSPS) is 10.5. The lowest BCUT2D eigenvalue weighted by molar-refractivity contribution is 0.202. The monoisotopic (exact) mass is 252 g/mol. The number of fused-ring (bicyclic) bond motifs is 1. The zero-order valence-corrected chi connectivity index (χ0v) is 10.3. The molecular weight excluding hydrogens is 240 g/mol. The summed E-state index contributed by atoms with van der Waals surface area (Å²) in [5.41, 5.74) is 0.631. The van der Waals surface area contributed by atoms with Gasteiger partial charge in [-0.3, -0.25) is 4.90 Å². The molecule has 0 aliphatic rings. The van der Waals surface area contributed by atoms with Crippen LogP contribution >= 0.6 is 11.5 Å². The van der Waals surface area contributed by atoms with Gasteiger partial charge >= 0.3 is 6.09 Å². The third kappa shape index (κ3) is 2.03. The fraction of sp³-hybridized carbons (Fsp3) is 0.273. The third-order valence-corrected chi connectivity index (χ3v) is 3.28. The molecule has 0 bridgehead atoms. The number of anilines is 1. The summed E-state index contributed by atoms with van der Waals surface area (Å²) in [7, 11) is 1.55. The van der Waals surface area contributed by atoms with Crippen molar-refractivity contribution in [2.75, 3.05) is 18.6 Å². The lowest BCUT2D eigenvalue weighted by atomic mass is 10.2. The Hall–Kier alpha value is -1.82. The van der Waals surface area contributed by atoms with Crippen molar-refractivity contribution in [3.8, 4) is 5.88 Å². The Kier molecular flexibility index (Phi) is 3.14. The zero-order valence-electron chi connectivity index (χ0n) is 9.51. The fourth-order valence-electron chi connectivity index (χ4n) is 1.65. The SMILES string of the molecule is CCN(C(=O)O)c1ccc2snc(OC)c2c1. The Morgan fingerprint density at radius 3 is 2.94 bits per heavy atom. The van der Waals surface area contributed by atoms with Gasteiger partial charge in [-0.25, -0.2) is 4.79 Å². The molecule has 0 spiro atoms. The van der Waals surface area contributed by atoms with Crippen LogP contribution in [0, 0.1) is 0 Å². The number of hydrogen-bond acceptors (Lipinski definition) is 4. The number of amides is 1. The van der Waals surface area contributed by atoms with E-state index in [1.807, 2.05) is 6.07 Å². The first-order valence-corrected chi connectivity index (χ1v) is 5.88. The van der Waals surface area contributed by atoms with Crippen molar-refractivity contribution in [2.24, 2.45) is 0 Å². The third-order valence-electron chi connectivity index (χ3n) is 2.47. The molecular formula is C11H12N2O3S. The summed E-state index contributed by atoms with van der Waals surface area (Å²) in [6.07, 6.45) is -0.964. The number of methoxy groups -OCH3 is 1. The van der Waals surface area contributed by atoms with Crippen LogP contribution in [0.1, 0.15) is 6.92 Å². The van der Waals surface area contributed by atoms with Crippen LogP contribution in [0.25, 0.3) is 10.1 Å². The maximum Gasteiger partial charge on any atom is 0.411 e. The van der Waals surface area contributed by atoms with Crippen LogP contribution in [-0.4, -0.2) is 29.2 Å². The topological polar surface area (TPSA) is 62.7 Å². The number of rotatable bonds is 3. The molecule has 0 unspecified atom stereocenters. The number of benzene rings is 1. The summed E-state index contributed by atoms with van der Waals surface area (Å²) in [5, 5.41) is 9.90. The molecule has 17 heavy (non-hydrogen) atoms. The molecule has 1 N–H and O–H groups in total. The molecule has 1 aromatic carbocycles. The van der Waals surface area contributed by atoms with Crippen molar-refractivity contribution in [3.05, 3.63) is 18.2 Å². The van der Waals surface area contributed by atoms with E-state index in [9.17, 15) is 4.79 Å². The van der Waals surface area contributed by atoms with Crippen molar-refractivity contribution in [3.63, 3.8) is 0 Å². The van der Waals surface area contributed by atoms with Crippen molar-refractivity contribution < 1.29 is 14.6 Å². The number of carboxylic acid groups (broad SMARTS) is 1. The van der Waals surface area contributed by atoms with E-state index >= 15 is 0 Å². The Morgan fingerprint density at radius 2 is 2.35 bits per heavy atom. The first-order valence-electron chi connectivity index (χ1n) is 5.11. The average Bonchev–Trinajstić information content (AvgIpc) is 2.71. The molecule has 6 heteroatoms. The average molecular weight is 252 g/mol. The number of ether oxygens (including phenoxy) is 1. The predicted molar refractivity (Wildman–Crippen MR) is 67.2 cm³/mol. The van der Waals surface area contributed by atoms with Gasteiger partial charge in [-0.15, -0.1) is 0 Å². The van der Waals surface area contributed by atoms with Crippen LogP contribution in [0.15, 0.2) is 18.2 Å². The van der Waals surface area contributed by atoms with E-state index in [0.29, 0.717) is 18.1 Å². The van der Waals surface area contributed by atoms with Gasteiger partial charge in [0, 0.05) is 12.2 Å². The number of carbonyl (C=O) groups is 1. The molecule has 0 saturated heterocycles. The van der Waals surface area contributed by atoms with Gasteiger partial charge in [0.2, 0.25) is 5.88 Å². The standard InChI is InChI=1S/C11H12N2O3S/c1-3-13(11(14)15)7-4-5-9-8(6-7)10(16-2)12-17-9/h4-6H,3H2,1-2H3,(H,14,15). The summed E-state index contributed by atoms with van der Waals surface area (Å²) in [6.45, 7) is 2.20. The first kappa shape index (κ1) is 11.7. The minimum Gasteiger partial charge on any atom is -0.480 e. The highest BCUT2D eigenvalue weighted by Gasteiger charge is 2.14. The second kappa shape index (κ2) is 4.58. The Labute approximate surface area is 102 Å². The van der Waals surface area contributed by atoms with Crippen LogP contribution in [0.5, 0.6) is 5.88 Å². The second-order valence-corrected chi connectivity index (χ2v) is 4.20. The van der Waals surface area contributed by atoms with Crippen molar-refractivity contribution in [2.45, 2.75) is 6.92 Å². The highest BCUT2D eigenvalue weighted by molar-refractivity contribution is 7.13. The van der Waals surface area contributed by atoms with Gasteiger partial charge in [0.1, 0.15) is 0 Å². The Morgan fingerprint density at radius 1 is 1.59 bits per heavy atom. The number of aromatic nitrogens is 1. The second-order valence-electron chi connectivity index (χ2n) is 3.40. The molecule has 1 heterocycles. The van der Waals surface area contributed by atoms with E-state index in [-0.39, 0.29) is 0 Å². The van der Waals surface area contributed by atoms with Crippen LogP contribution < -0.4 is 9.64 Å². The lowest BCUT2D eigenvalue weighted by Crippen LogP contribution is -2.28. The molecule has 5 nitrogen and oxygen atoms in total. The summed E-state index contributed by atoms with van der Waals surface area (Å²) in [6, 6.07) is 5.42. The van der Waals surface area contributed by atoms with E-state index < -0.39 is 6.09 Å². The van der Waals surface area contributed by atoms with E-state index in [0.717, 1.165) is 10.1 Å². The molecule has 0 atom stereocenters. The minimum absolute atomic E-state index is 0.403. The van der Waals surface area contributed by atoms with Gasteiger partial charge in [0.15, 0.2) is 0 Å². The largest absolute Gasteiger partial charge is 0.480 e. The van der Waals surface area contributed by atoms with E-state index in [1.54, 1.807) is 26.2 Å². The molecule has 0 fully saturated rings. The highest BCUT2D eigenvalue weighted by atomic mass is 32.1. The van der Waals surface area contributed by atoms with Gasteiger partial charge < -0.3 is 9.84 Å². The fourth-order valence-corrected chi connectivity index (χ4v) is 2.38. The highest BCUT2D eigenvalue weighted by Crippen LogP contribution is 2.31. The number of nitrogens with zero attached hydrogens (tertiary/aromatic N) is 2. The molecule has 0 saturated carbocycles. The Balaban J connectivity index is 2.52. The van der Waals surface area contributed by atoms with Gasteiger partial charge in [0.05, 0.1) is 17.2 Å². The maximum absolute atomic E-state index is 11.0. The van der Waals surface area contributed by atoms with Crippen molar-refractivity contribution >= 4 is 33.4 Å². The number of hydrogen-bond donors (Lipinski definition) is 1. The molecule has 0 radical (unpaired) electrons. The van der Waals surface area contributed by atoms with E-state index in [2.05, 4.69) is 4.37 Å². The van der Waals surface area contributed by atoms with E-state index in [4.69, 9.17) is 9.84 Å². The predicted octanol–water partition coefficient (Wildman–Crippen LogP) is 2.81. The lowest BCUT2D eigenvalue weighted by Gasteiger charge is -2.16. The minimum atomic E-state index is -0.964. The van der Waals surface area contributed by atoms with Crippen LogP contribution in [0.3, 0.4) is 0 Å². The van der Waals surface area contributed by atoms with Gasteiger partial charge in [0.25, 0.3) is 0 Å².